The molecule has 2 aromatic rings. The fourth-order valence-electron chi connectivity index (χ4n) is 4.21. The molecule has 2 saturated heterocycles. The Balaban J connectivity index is 1.51. The Morgan fingerprint density at radius 3 is 2.50 bits per heavy atom. The van der Waals surface area contributed by atoms with Gasteiger partial charge in [0.15, 0.2) is 0 Å². The summed E-state index contributed by atoms with van der Waals surface area (Å²) >= 11 is 0. The van der Waals surface area contributed by atoms with Crippen molar-refractivity contribution in [2.75, 3.05) is 31.1 Å². The second kappa shape index (κ2) is 6.58. The fourth-order valence-corrected chi connectivity index (χ4v) is 4.21. The first-order valence-corrected chi connectivity index (χ1v) is 8.98. The molecule has 0 amide bonds. The maximum atomic E-state index is 14.9. The monoisotopic (exact) mass is 361 g/mol. The van der Waals surface area contributed by atoms with Gasteiger partial charge in [-0.15, -0.1) is 0 Å². The summed E-state index contributed by atoms with van der Waals surface area (Å²) in [7, 11) is 0. The molecular weight excluding hydrogens is 339 g/mol. The minimum atomic E-state index is -2.68. The standard InChI is InChI=1S/C20H22F3N3/c21-17-6-4-16(5-7-17)13-25-11-9-20(22,23)19(14-25)8-12-26(15-19)18-3-1-2-10-24-18/h1-7,10H,8-9,11-15H2/t19-/m1/s1. The largest absolute Gasteiger partial charge is 0.356 e. The molecular formula is C20H22F3N3. The average molecular weight is 361 g/mol. The van der Waals surface area contributed by atoms with E-state index in [1.165, 1.54) is 12.1 Å². The summed E-state index contributed by atoms with van der Waals surface area (Å²) < 4.78 is 42.9. The van der Waals surface area contributed by atoms with Gasteiger partial charge in [0.1, 0.15) is 11.6 Å². The molecule has 2 fully saturated rings. The molecule has 6 heteroatoms. The van der Waals surface area contributed by atoms with E-state index in [0.29, 0.717) is 39.1 Å². The minimum Gasteiger partial charge on any atom is -0.356 e. The van der Waals surface area contributed by atoms with Gasteiger partial charge in [-0.3, -0.25) is 4.90 Å². The fraction of sp³-hybridized carbons (Fsp3) is 0.450. The Kier molecular flexibility index (Phi) is 4.39. The van der Waals surface area contributed by atoms with Gasteiger partial charge in [-0.1, -0.05) is 18.2 Å². The Morgan fingerprint density at radius 2 is 1.77 bits per heavy atom. The van der Waals surface area contributed by atoms with Gasteiger partial charge in [-0.2, -0.15) is 0 Å². The number of hydrogen-bond acceptors (Lipinski definition) is 3. The van der Waals surface area contributed by atoms with Crippen LogP contribution in [0.4, 0.5) is 19.0 Å². The molecule has 3 nitrogen and oxygen atoms in total. The van der Waals surface area contributed by atoms with Gasteiger partial charge in [-0.25, -0.2) is 18.2 Å². The summed E-state index contributed by atoms with van der Waals surface area (Å²) in [6.07, 6.45) is 2.01. The van der Waals surface area contributed by atoms with Gasteiger partial charge in [0.25, 0.3) is 5.92 Å². The van der Waals surface area contributed by atoms with Crippen LogP contribution in [-0.2, 0) is 6.54 Å². The zero-order valence-corrected chi connectivity index (χ0v) is 14.5. The highest BCUT2D eigenvalue weighted by Crippen LogP contribution is 2.50. The van der Waals surface area contributed by atoms with Crippen molar-refractivity contribution >= 4 is 5.82 Å². The van der Waals surface area contributed by atoms with Crippen LogP contribution in [-0.4, -0.2) is 42.0 Å². The summed E-state index contributed by atoms with van der Waals surface area (Å²) in [4.78, 5) is 8.36. The van der Waals surface area contributed by atoms with E-state index in [9.17, 15) is 13.2 Å². The lowest BCUT2D eigenvalue weighted by Gasteiger charge is -2.46. The summed E-state index contributed by atoms with van der Waals surface area (Å²) in [5, 5.41) is 0. The molecule has 1 aromatic heterocycles. The van der Waals surface area contributed by atoms with Crippen LogP contribution in [0, 0.1) is 11.2 Å². The number of nitrogens with zero attached hydrogens (tertiary/aromatic N) is 3. The second-order valence-corrected chi connectivity index (χ2v) is 7.43. The number of hydrogen-bond donors (Lipinski definition) is 0. The third-order valence-electron chi connectivity index (χ3n) is 5.69. The molecule has 26 heavy (non-hydrogen) atoms. The molecule has 4 rings (SSSR count). The van der Waals surface area contributed by atoms with Gasteiger partial charge >= 0.3 is 0 Å². The molecule has 0 N–H and O–H groups in total. The summed E-state index contributed by atoms with van der Waals surface area (Å²) in [6.45, 7) is 2.19. The third kappa shape index (κ3) is 3.18. The number of aromatic nitrogens is 1. The van der Waals surface area contributed by atoms with Gasteiger partial charge in [0, 0.05) is 45.3 Å². The van der Waals surface area contributed by atoms with E-state index in [-0.39, 0.29) is 12.2 Å². The van der Waals surface area contributed by atoms with Gasteiger partial charge in [-0.05, 0) is 36.2 Å². The predicted octanol–water partition coefficient (Wildman–Crippen LogP) is 3.96. The van der Waals surface area contributed by atoms with Gasteiger partial charge < -0.3 is 4.90 Å². The van der Waals surface area contributed by atoms with Gasteiger partial charge in [0.2, 0.25) is 0 Å². The predicted molar refractivity (Wildman–Crippen MR) is 94.7 cm³/mol. The molecule has 2 aliphatic heterocycles. The lowest BCUT2D eigenvalue weighted by molar-refractivity contribution is -0.158. The van der Waals surface area contributed by atoms with Crippen molar-refractivity contribution < 1.29 is 13.2 Å². The number of likely N-dealkylation sites (tertiary alicyclic amines) is 1. The molecule has 0 radical (unpaired) electrons. The highest BCUT2D eigenvalue weighted by molar-refractivity contribution is 5.40. The van der Waals surface area contributed by atoms with Crippen LogP contribution < -0.4 is 4.90 Å². The Bertz CT molecular complexity index is 751. The average Bonchev–Trinajstić information content (AvgIpc) is 3.07. The maximum Gasteiger partial charge on any atom is 0.257 e. The van der Waals surface area contributed by atoms with Gasteiger partial charge in [0.05, 0.1) is 5.41 Å². The van der Waals surface area contributed by atoms with Crippen LogP contribution in [0.1, 0.15) is 18.4 Å². The number of anilines is 1. The van der Waals surface area contributed by atoms with E-state index in [1.807, 2.05) is 23.1 Å². The topological polar surface area (TPSA) is 19.4 Å². The lowest BCUT2D eigenvalue weighted by atomic mass is 9.75. The zero-order chi connectivity index (χ0) is 18.2. The van der Waals surface area contributed by atoms with Crippen LogP contribution in [0.25, 0.3) is 0 Å². The molecule has 1 spiro atoms. The number of pyridine rings is 1. The number of benzene rings is 1. The Labute approximate surface area is 151 Å². The van der Waals surface area contributed by atoms with E-state index < -0.39 is 11.3 Å². The maximum absolute atomic E-state index is 14.9. The Hall–Kier alpha value is -2.08. The normalized spacial score (nSPS) is 25.7. The number of halogens is 3. The summed E-state index contributed by atoms with van der Waals surface area (Å²) in [6, 6.07) is 11.9. The van der Waals surface area contributed by atoms with Crippen LogP contribution in [0.5, 0.6) is 0 Å². The van der Waals surface area contributed by atoms with Crippen molar-refractivity contribution in [2.24, 2.45) is 5.41 Å². The van der Waals surface area contributed by atoms with Crippen LogP contribution in [0.3, 0.4) is 0 Å². The number of piperidine rings is 1. The van der Waals surface area contributed by atoms with Crippen LogP contribution >= 0.6 is 0 Å². The van der Waals surface area contributed by atoms with E-state index >= 15 is 0 Å². The highest BCUT2D eigenvalue weighted by Gasteiger charge is 2.59. The van der Waals surface area contributed by atoms with E-state index in [0.717, 1.165) is 11.4 Å². The smallest absolute Gasteiger partial charge is 0.257 e. The SMILES string of the molecule is Fc1ccc(CN2CCC(F)(F)[C@]3(CCN(c4ccccn4)C3)C2)cc1. The second-order valence-electron chi connectivity index (χ2n) is 7.43. The number of alkyl halides is 2. The van der Waals surface area contributed by atoms with Crippen molar-refractivity contribution in [1.29, 1.82) is 0 Å². The van der Waals surface area contributed by atoms with E-state index in [4.69, 9.17) is 0 Å². The van der Waals surface area contributed by atoms with Crippen molar-refractivity contribution in [1.82, 2.24) is 9.88 Å². The van der Waals surface area contributed by atoms with Crippen molar-refractivity contribution in [2.45, 2.75) is 25.3 Å². The quantitative estimate of drug-likeness (QED) is 0.825. The number of rotatable bonds is 3. The summed E-state index contributed by atoms with van der Waals surface area (Å²) in [5.41, 5.74) is -0.102. The molecule has 138 valence electrons. The first-order valence-electron chi connectivity index (χ1n) is 8.98. The van der Waals surface area contributed by atoms with Crippen LogP contribution in [0.2, 0.25) is 0 Å². The van der Waals surface area contributed by atoms with Crippen LogP contribution in [0.15, 0.2) is 48.7 Å². The molecule has 2 aliphatic rings. The first kappa shape index (κ1) is 17.3. The van der Waals surface area contributed by atoms with Crippen molar-refractivity contribution in [3.8, 4) is 0 Å². The van der Waals surface area contributed by atoms with E-state index in [1.54, 1.807) is 18.3 Å². The van der Waals surface area contributed by atoms with Crippen molar-refractivity contribution in [3.63, 3.8) is 0 Å². The minimum absolute atomic E-state index is 0.135. The molecule has 1 aromatic carbocycles. The zero-order valence-electron chi connectivity index (χ0n) is 14.5. The molecule has 0 unspecified atom stereocenters. The molecule has 1 atom stereocenters. The van der Waals surface area contributed by atoms with E-state index in [2.05, 4.69) is 9.88 Å². The first-order chi connectivity index (χ1) is 12.5. The Morgan fingerprint density at radius 1 is 0.962 bits per heavy atom. The molecule has 0 aliphatic carbocycles. The molecule has 0 saturated carbocycles. The summed E-state index contributed by atoms with van der Waals surface area (Å²) in [5.74, 6) is -2.21. The van der Waals surface area contributed by atoms with Crippen molar-refractivity contribution in [3.05, 3.63) is 60.0 Å². The molecule has 0 bridgehead atoms. The molecule has 3 heterocycles. The lowest BCUT2D eigenvalue weighted by Crippen LogP contribution is -2.56. The highest BCUT2D eigenvalue weighted by atomic mass is 19.3. The third-order valence-corrected chi connectivity index (χ3v) is 5.69.